The third kappa shape index (κ3) is 3.22. The van der Waals surface area contributed by atoms with Crippen molar-refractivity contribution >= 4 is 33.2 Å². The van der Waals surface area contributed by atoms with Crippen LogP contribution < -0.4 is 9.62 Å². The predicted octanol–water partition coefficient (Wildman–Crippen LogP) is 2.87. The van der Waals surface area contributed by atoms with Gasteiger partial charge >= 0.3 is 0 Å². The maximum atomic E-state index is 12.6. The predicted molar refractivity (Wildman–Crippen MR) is 101 cm³/mol. The number of sulfonamides is 1. The Kier molecular flexibility index (Phi) is 4.58. The summed E-state index contributed by atoms with van der Waals surface area (Å²) in [6.07, 6.45) is 0. The van der Waals surface area contributed by atoms with E-state index < -0.39 is 21.8 Å². The molecule has 0 radical (unpaired) electrons. The largest absolute Gasteiger partial charge is 0.322 e. The van der Waals surface area contributed by atoms with E-state index in [1.165, 1.54) is 12.1 Å². The molecule has 0 spiro atoms. The van der Waals surface area contributed by atoms with Crippen molar-refractivity contribution in [3.05, 3.63) is 59.2 Å². The number of aryl methyl sites for hydroxylation is 1. The van der Waals surface area contributed by atoms with Gasteiger partial charge in [0.05, 0.1) is 17.4 Å². The second-order valence-corrected chi connectivity index (χ2v) is 8.40. The van der Waals surface area contributed by atoms with E-state index in [0.717, 1.165) is 15.4 Å². The zero-order valence-electron chi connectivity index (χ0n) is 14.8. The number of carbonyl (C=O) groups is 2. The molecule has 1 aliphatic heterocycles. The number of hydrogen-bond acceptors (Lipinski definition) is 4. The summed E-state index contributed by atoms with van der Waals surface area (Å²) in [6.45, 7) is 5.45. The summed E-state index contributed by atoms with van der Waals surface area (Å²) in [5, 5.41) is 2.83. The van der Waals surface area contributed by atoms with Crippen LogP contribution in [-0.2, 0) is 14.8 Å². The number of anilines is 2. The molecule has 7 heteroatoms. The summed E-state index contributed by atoms with van der Waals surface area (Å²) in [5.74, 6) is -1.65. The molecule has 6 nitrogen and oxygen atoms in total. The molecule has 2 aromatic carbocycles. The van der Waals surface area contributed by atoms with Crippen LogP contribution in [0.1, 0.15) is 28.4 Å². The molecule has 3 rings (SSSR count). The molecular weight excluding hydrogens is 352 g/mol. The van der Waals surface area contributed by atoms with Crippen molar-refractivity contribution in [1.82, 2.24) is 0 Å². The van der Waals surface area contributed by atoms with Crippen molar-refractivity contribution in [2.75, 3.05) is 15.4 Å². The van der Waals surface area contributed by atoms with Gasteiger partial charge in [-0.3, -0.25) is 9.59 Å². The molecule has 136 valence electrons. The van der Waals surface area contributed by atoms with Gasteiger partial charge in [0.2, 0.25) is 15.9 Å². The second-order valence-electron chi connectivity index (χ2n) is 6.53. The van der Waals surface area contributed by atoms with Crippen LogP contribution >= 0.6 is 0 Å². The fourth-order valence-corrected chi connectivity index (χ4v) is 4.75. The lowest BCUT2D eigenvalue weighted by Crippen LogP contribution is -2.30. The maximum absolute atomic E-state index is 12.6. The summed E-state index contributed by atoms with van der Waals surface area (Å²) < 4.78 is 25.3. The molecule has 2 amide bonds. The Balaban J connectivity index is 1.91. The van der Waals surface area contributed by atoms with Crippen LogP contribution in [0.3, 0.4) is 0 Å². The zero-order chi connectivity index (χ0) is 19.1. The van der Waals surface area contributed by atoms with E-state index in [1.807, 2.05) is 26.0 Å². The first-order valence-electron chi connectivity index (χ1n) is 8.25. The number of nitrogens with zero attached hydrogens (tertiary/aromatic N) is 1. The van der Waals surface area contributed by atoms with Gasteiger partial charge < -0.3 is 5.32 Å². The van der Waals surface area contributed by atoms with Gasteiger partial charge in [0, 0.05) is 11.3 Å². The first kappa shape index (κ1) is 18.1. The molecule has 0 aromatic heterocycles. The van der Waals surface area contributed by atoms with Gasteiger partial charge in [-0.2, -0.15) is 0 Å². The van der Waals surface area contributed by atoms with E-state index in [1.54, 1.807) is 25.1 Å². The summed E-state index contributed by atoms with van der Waals surface area (Å²) >= 11 is 0. The number of benzene rings is 2. The standard InChI is InChI=1S/C19H20N2O4S/c1-12-6-4-9-17(14(12)3)20-18(22)15-7-5-8-16(10-15)21-19(23)13(2)11-26(21,24)25/h4-10,13H,11H2,1-3H3,(H,20,22)/t13-/m0/s1. The van der Waals surface area contributed by atoms with Gasteiger partial charge in [-0.1, -0.05) is 25.1 Å². The molecule has 1 heterocycles. The van der Waals surface area contributed by atoms with E-state index >= 15 is 0 Å². The van der Waals surface area contributed by atoms with E-state index in [0.29, 0.717) is 5.69 Å². The third-order valence-electron chi connectivity index (χ3n) is 4.56. The van der Waals surface area contributed by atoms with Crippen LogP contribution in [0.5, 0.6) is 0 Å². The maximum Gasteiger partial charge on any atom is 0.255 e. The molecule has 0 bridgehead atoms. The van der Waals surface area contributed by atoms with Gasteiger partial charge in [0.25, 0.3) is 5.91 Å². The van der Waals surface area contributed by atoms with Crippen molar-refractivity contribution in [1.29, 1.82) is 0 Å². The molecular formula is C19H20N2O4S. The Morgan fingerprint density at radius 1 is 1.15 bits per heavy atom. The summed E-state index contributed by atoms with van der Waals surface area (Å²) in [7, 11) is -3.70. The lowest BCUT2D eigenvalue weighted by molar-refractivity contribution is -0.119. The minimum atomic E-state index is -3.70. The number of hydrogen-bond donors (Lipinski definition) is 1. The van der Waals surface area contributed by atoms with Crippen molar-refractivity contribution in [2.45, 2.75) is 20.8 Å². The summed E-state index contributed by atoms with van der Waals surface area (Å²) in [5.41, 5.74) is 3.18. The lowest BCUT2D eigenvalue weighted by atomic mass is 10.1. The molecule has 1 atom stereocenters. The highest BCUT2D eigenvalue weighted by Gasteiger charge is 2.42. The van der Waals surface area contributed by atoms with Crippen LogP contribution in [0.4, 0.5) is 11.4 Å². The molecule has 0 aliphatic carbocycles. The smallest absolute Gasteiger partial charge is 0.255 e. The molecule has 26 heavy (non-hydrogen) atoms. The number of nitrogens with one attached hydrogen (secondary N) is 1. The average Bonchev–Trinajstić information content (AvgIpc) is 2.79. The highest BCUT2D eigenvalue weighted by molar-refractivity contribution is 7.94. The van der Waals surface area contributed by atoms with Gasteiger partial charge in [0.1, 0.15) is 0 Å². The van der Waals surface area contributed by atoms with Crippen molar-refractivity contribution in [3.63, 3.8) is 0 Å². The number of amides is 2. The molecule has 1 saturated heterocycles. The van der Waals surface area contributed by atoms with Crippen molar-refractivity contribution in [2.24, 2.45) is 5.92 Å². The van der Waals surface area contributed by atoms with E-state index in [2.05, 4.69) is 5.32 Å². The normalized spacial score (nSPS) is 18.8. The first-order chi connectivity index (χ1) is 12.2. The molecule has 1 aliphatic rings. The number of rotatable bonds is 3. The summed E-state index contributed by atoms with van der Waals surface area (Å²) in [4.78, 5) is 24.8. The van der Waals surface area contributed by atoms with Crippen LogP contribution in [0, 0.1) is 19.8 Å². The van der Waals surface area contributed by atoms with Gasteiger partial charge in [-0.25, -0.2) is 12.7 Å². The van der Waals surface area contributed by atoms with E-state index in [-0.39, 0.29) is 22.9 Å². The van der Waals surface area contributed by atoms with Gasteiger partial charge in [0.15, 0.2) is 0 Å². The van der Waals surface area contributed by atoms with Crippen LogP contribution in [0.2, 0.25) is 0 Å². The monoisotopic (exact) mass is 372 g/mol. The van der Waals surface area contributed by atoms with Crippen LogP contribution in [-0.4, -0.2) is 26.0 Å². The quantitative estimate of drug-likeness (QED) is 0.898. The fraction of sp³-hybridized carbons (Fsp3) is 0.263. The van der Waals surface area contributed by atoms with E-state index in [4.69, 9.17) is 0 Å². The Morgan fingerprint density at radius 2 is 1.85 bits per heavy atom. The average molecular weight is 372 g/mol. The number of carbonyl (C=O) groups excluding carboxylic acids is 2. The lowest BCUT2D eigenvalue weighted by Gasteiger charge is -2.16. The fourth-order valence-electron chi connectivity index (χ4n) is 2.94. The van der Waals surface area contributed by atoms with Crippen LogP contribution in [0.25, 0.3) is 0 Å². The molecule has 0 unspecified atom stereocenters. The zero-order valence-corrected chi connectivity index (χ0v) is 15.6. The minimum absolute atomic E-state index is 0.188. The third-order valence-corrected chi connectivity index (χ3v) is 6.42. The Bertz CT molecular complexity index is 998. The van der Waals surface area contributed by atoms with Gasteiger partial charge in [-0.15, -0.1) is 0 Å². The van der Waals surface area contributed by atoms with Crippen molar-refractivity contribution < 1.29 is 18.0 Å². The Morgan fingerprint density at radius 3 is 2.50 bits per heavy atom. The summed E-state index contributed by atoms with van der Waals surface area (Å²) in [6, 6.07) is 11.7. The second kappa shape index (κ2) is 6.57. The topological polar surface area (TPSA) is 83.6 Å². The van der Waals surface area contributed by atoms with Gasteiger partial charge in [-0.05, 0) is 49.2 Å². The molecule has 1 N–H and O–H groups in total. The SMILES string of the molecule is Cc1cccc(NC(=O)c2cccc(N3C(=O)[C@@H](C)CS3(=O)=O)c2)c1C. The minimum Gasteiger partial charge on any atom is -0.322 e. The van der Waals surface area contributed by atoms with E-state index in [9.17, 15) is 18.0 Å². The highest BCUT2D eigenvalue weighted by Crippen LogP contribution is 2.29. The molecule has 1 fully saturated rings. The Labute approximate surface area is 152 Å². The molecule has 0 saturated carbocycles. The Hall–Kier alpha value is -2.67. The highest BCUT2D eigenvalue weighted by atomic mass is 32.2. The molecule has 2 aromatic rings. The van der Waals surface area contributed by atoms with Crippen molar-refractivity contribution in [3.8, 4) is 0 Å². The first-order valence-corrected chi connectivity index (χ1v) is 9.86. The van der Waals surface area contributed by atoms with Crippen LogP contribution in [0.15, 0.2) is 42.5 Å².